The fraction of sp³-hybridized carbons (Fsp3) is 0.429. The van der Waals surface area contributed by atoms with E-state index in [1.165, 1.54) is 9.21 Å². The molecule has 2 aromatic carbocycles. The number of rotatable bonds is 8. The van der Waals surface area contributed by atoms with E-state index in [9.17, 15) is 18.0 Å². The first kappa shape index (κ1) is 28.6. The molecule has 2 amide bonds. The molecule has 1 fully saturated rings. The number of carbonyl (C=O) groups is 2. The summed E-state index contributed by atoms with van der Waals surface area (Å²) >= 11 is 0. The number of likely N-dealkylation sites (N-methyl/N-ethyl adjacent to an activating group) is 1. The zero-order valence-corrected chi connectivity index (χ0v) is 23.7. The molecule has 1 saturated heterocycles. The summed E-state index contributed by atoms with van der Waals surface area (Å²) in [5, 5.41) is 2.92. The van der Waals surface area contributed by atoms with E-state index < -0.39 is 22.0 Å². The van der Waals surface area contributed by atoms with E-state index in [2.05, 4.69) is 10.2 Å². The van der Waals surface area contributed by atoms with Crippen LogP contribution in [-0.4, -0.2) is 88.0 Å². The highest BCUT2D eigenvalue weighted by Gasteiger charge is 2.38. The molecule has 11 heteroatoms. The van der Waals surface area contributed by atoms with E-state index in [1.807, 2.05) is 19.1 Å². The second-order valence-corrected chi connectivity index (χ2v) is 11.6. The van der Waals surface area contributed by atoms with Crippen LogP contribution in [0.5, 0.6) is 5.75 Å². The summed E-state index contributed by atoms with van der Waals surface area (Å²) < 4.78 is 38.7. The molecule has 2 heterocycles. The number of hydrogen-bond acceptors (Lipinski definition) is 7. The van der Waals surface area contributed by atoms with E-state index in [1.54, 1.807) is 57.5 Å². The molecular weight excluding hydrogens is 520 g/mol. The number of sulfonamides is 1. The number of ether oxygens (including phenoxy) is 2. The van der Waals surface area contributed by atoms with Crippen LogP contribution in [0.15, 0.2) is 64.7 Å². The van der Waals surface area contributed by atoms with E-state index in [0.29, 0.717) is 56.2 Å². The maximum absolute atomic E-state index is 13.3. The molecule has 1 N–H and O–H groups in total. The molecule has 2 aliphatic rings. The van der Waals surface area contributed by atoms with Crippen molar-refractivity contribution >= 4 is 22.0 Å². The number of nitrogens with one attached hydrogen (secondary N) is 1. The second-order valence-electron chi connectivity index (χ2n) is 9.64. The molecule has 210 valence electrons. The van der Waals surface area contributed by atoms with Gasteiger partial charge in [-0.2, -0.15) is 4.31 Å². The zero-order chi connectivity index (χ0) is 28.2. The number of benzene rings is 2. The van der Waals surface area contributed by atoms with Gasteiger partial charge in [0.15, 0.2) is 0 Å². The number of carbonyl (C=O) groups excluding carboxylic acids is 2. The molecule has 0 radical (unpaired) electrons. The van der Waals surface area contributed by atoms with E-state index in [4.69, 9.17) is 9.47 Å². The molecule has 0 saturated carbocycles. The van der Waals surface area contributed by atoms with Crippen LogP contribution < -0.4 is 10.1 Å². The van der Waals surface area contributed by atoms with Gasteiger partial charge in [0, 0.05) is 38.9 Å². The molecule has 0 unspecified atom stereocenters. The van der Waals surface area contributed by atoms with Gasteiger partial charge in [0.25, 0.3) is 0 Å². The number of methoxy groups -OCH3 is 1. The quantitative estimate of drug-likeness (QED) is 0.498. The number of nitrogens with zero attached hydrogens (tertiary/aromatic N) is 3. The minimum atomic E-state index is -3.62. The summed E-state index contributed by atoms with van der Waals surface area (Å²) in [6.07, 6.45) is 0.616. The molecule has 0 spiro atoms. The molecule has 10 nitrogen and oxygen atoms in total. The Balaban J connectivity index is 1.61. The lowest BCUT2D eigenvalue weighted by atomic mass is 9.94. The Morgan fingerprint density at radius 3 is 2.36 bits per heavy atom. The SMILES string of the molecule is CCOC(=O)C1=C(CN2CCCN(S(=O)(=O)c3ccc(C)cc3)CC2)N(C)C(=O)N[C@@H]1c1ccc(OC)cc1. The first-order valence-corrected chi connectivity index (χ1v) is 14.5. The van der Waals surface area contributed by atoms with Crippen LogP contribution in [0.25, 0.3) is 0 Å². The number of aryl methyl sites for hydroxylation is 1. The highest BCUT2D eigenvalue weighted by molar-refractivity contribution is 7.89. The van der Waals surface area contributed by atoms with Crippen molar-refractivity contribution in [2.75, 3.05) is 53.5 Å². The maximum atomic E-state index is 13.3. The maximum Gasteiger partial charge on any atom is 0.338 e. The van der Waals surface area contributed by atoms with Crippen LogP contribution in [0.4, 0.5) is 4.79 Å². The van der Waals surface area contributed by atoms with E-state index >= 15 is 0 Å². The lowest BCUT2D eigenvalue weighted by Gasteiger charge is -2.36. The van der Waals surface area contributed by atoms with Gasteiger partial charge in [-0.15, -0.1) is 0 Å². The Morgan fingerprint density at radius 2 is 1.72 bits per heavy atom. The first-order chi connectivity index (χ1) is 18.6. The number of esters is 1. The van der Waals surface area contributed by atoms with Crippen molar-refractivity contribution in [2.45, 2.75) is 31.2 Å². The van der Waals surface area contributed by atoms with Gasteiger partial charge in [-0.3, -0.25) is 9.80 Å². The first-order valence-electron chi connectivity index (χ1n) is 13.0. The minimum absolute atomic E-state index is 0.193. The molecule has 0 aliphatic carbocycles. The average molecular weight is 557 g/mol. The number of amides is 2. The summed E-state index contributed by atoms with van der Waals surface area (Å²) in [7, 11) is -0.427. The molecule has 4 rings (SSSR count). The second kappa shape index (κ2) is 12.2. The van der Waals surface area contributed by atoms with Crippen LogP contribution in [-0.2, 0) is 19.6 Å². The van der Waals surface area contributed by atoms with Crippen LogP contribution in [0.1, 0.15) is 30.5 Å². The van der Waals surface area contributed by atoms with Gasteiger partial charge in [-0.1, -0.05) is 29.8 Å². The van der Waals surface area contributed by atoms with Crippen molar-refractivity contribution in [3.8, 4) is 5.75 Å². The Hall–Kier alpha value is -3.41. The van der Waals surface area contributed by atoms with Gasteiger partial charge in [0.05, 0.1) is 30.2 Å². The smallest absolute Gasteiger partial charge is 0.338 e. The van der Waals surface area contributed by atoms with E-state index in [-0.39, 0.29) is 17.5 Å². The third-order valence-corrected chi connectivity index (χ3v) is 9.01. The van der Waals surface area contributed by atoms with Crippen LogP contribution in [0, 0.1) is 6.92 Å². The fourth-order valence-corrected chi connectivity index (χ4v) is 6.33. The molecule has 0 bridgehead atoms. The van der Waals surface area contributed by atoms with Gasteiger partial charge < -0.3 is 14.8 Å². The lowest BCUT2D eigenvalue weighted by Crippen LogP contribution is -2.49. The predicted molar refractivity (Wildman–Crippen MR) is 147 cm³/mol. The third-order valence-electron chi connectivity index (χ3n) is 7.10. The Kier molecular flexibility index (Phi) is 8.94. The highest BCUT2D eigenvalue weighted by atomic mass is 32.2. The third kappa shape index (κ3) is 6.26. The van der Waals surface area contributed by atoms with Gasteiger partial charge >= 0.3 is 12.0 Å². The van der Waals surface area contributed by atoms with Crippen LogP contribution in [0.2, 0.25) is 0 Å². The number of urea groups is 1. The summed E-state index contributed by atoms with van der Waals surface area (Å²) in [5.41, 5.74) is 2.62. The Labute approximate surface area is 230 Å². The molecule has 2 aromatic rings. The zero-order valence-electron chi connectivity index (χ0n) is 22.8. The fourth-order valence-electron chi connectivity index (χ4n) is 4.86. The van der Waals surface area contributed by atoms with Crippen LogP contribution in [0.3, 0.4) is 0 Å². The summed E-state index contributed by atoms with van der Waals surface area (Å²) in [5.74, 6) is 0.160. The normalized spacial score (nSPS) is 19.4. The van der Waals surface area contributed by atoms with Gasteiger partial charge in [0.2, 0.25) is 10.0 Å². The molecule has 39 heavy (non-hydrogen) atoms. The van der Waals surface area contributed by atoms with Crippen LogP contribution >= 0.6 is 0 Å². The molecular formula is C28H36N4O6S. The standard InChI is InChI=1S/C28H36N4O6S/c1-5-38-27(33)25-24(30(3)28(34)29-26(25)21-9-11-22(37-4)12-10-21)19-31-15-6-16-32(18-17-31)39(35,36)23-13-7-20(2)8-14-23/h7-14,26H,5-6,15-19H2,1-4H3,(H,29,34)/t26-/m1/s1. The predicted octanol–water partition coefficient (Wildman–Crippen LogP) is 2.91. The van der Waals surface area contributed by atoms with Crippen molar-refractivity contribution in [1.82, 2.24) is 19.4 Å². The highest BCUT2D eigenvalue weighted by Crippen LogP contribution is 2.32. The van der Waals surface area contributed by atoms with Crippen molar-refractivity contribution < 1.29 is 27.5 Å². The molecule has 2 aliphatic heterocycles. The average Bonchev–Trinajstić information content (AvgIpc) is 3.17. The van der Waals surface area contributed by atoms with E-state index in [0.717, 1.165) is 11.1 Å². The topological polar surface area (TPSA) is 108 Å². The Morgan fingerprint density at radius 1 is 1.03 bits per heavy atom. The monoisotopic (exact) mass is 556 g/mol. The van der Waals surface area contributed by atoms with Gasteiger partial charge in [-0.05, 0) is 56.6 Å². The largest absolute Gasteiger partial charge is 0.497 e. The van der Waals surface area contributed by atoms with Gasteiger partial charge in [0.1, 0.15) is 5.75 Å². The summed E-state index contributed by atoms with van der Waals surface area (Å²) in [6, 6.07) is 13.0. The minimum Gasteiger partial charge on any atom is -0.497 e. The summed E-state index contributed by atoms with van der Waals surface area (Å²) in [4.78, 5) is 30.1. The van der Waals surface area contributed by atoms with Crippen molar-refractivity contribution in [3.63, 3.8) is 0 Å². The molecule has 0 aromatic heterocycles. The lowest BCUT2D eigenvalue weighted by molar-refractivity contribution is -0.139. The van der Waals surface area contributed by atoms with Gasteiger partial charge in [-0.25, -0.2) is 18.0 Å². The number of hydrogen-bond donors (Lipinski definition) is 1. The van der Waals surface area contributed by atoms with Crippen molar-refractivity contribution in [1.29, 1.82) is 0 Å². The Bertz CT molecular complexity index is 1320. The summed E-state index contributed by atoms with van der Waals surface area (Å²) in [6.45, 7) is 5.90. The van der Waals surface area contributed by atoms with Crippen molar-refractivity contribution in [3.05, 3.63) is 70.9 Å². The van der Waals surface area contributed by atoms with Crippen molar-refractivity contribution in [2.24, 2.45) is 0 Å². The molecule has 1 atom stereocenters.